The summed E-state index contributed by atoms with van der Waals surface area (Å²) in [5.74, 6) is 0.00110. The molecule has 0 aromatic rings. The Morgan fingerprint density at radius 3 is 2.79 bits per heavy atom. The number of carbonyl (C=O) groups excluding carboxylic acids is 2. The Morgan fingerprint density at radius 2 is 2.07 bits per heavy atom. The average molecular weight is 198 g/mol. The number of nitrogens with one attached hydrogen (secondary N) is 1. The quantitative estimate of drug-likeness (QED) is 0.655. The SMILES string of the molecule is CCCCCCN1CC(=O)NCC1=O. The fourth-order valence-electron chi connectivity index (χ4n) is 1.54. The number of hydrogen-bond donors (Lipinski definition) is 1. The van der Waals surface area contributed by atoms with Crippen molar-refractivity contribution in [2.75, 3.05) is 19.6 Å². The van der Waals surface area contributed by atoms with Crippen LogP contribution in [0.4, 0.5) is 0 Å². The molecule has 4 heteroatoms. The molecule has 0 spiro atoms. The van der Waals surface area contributed by atoms with Crippen molar-refractivity contribution in [3.05, 3.63) is 0 Å². The van der Waals surface area contributed by atoms with Gasteiger partial charge in [-0.05, 0) is 6.42 Å². The molecular weight excluding hydrogens is 180 g/mol. The summed E-state index contributed by atoms with van der Waals surface area (Å²) in [5.41, 5.74) is 0. The van der Waals surface area contributed by atoms with Crippen molar-refractivity contribution in [1.29, 1.82) is 0 Å². The lowest BCUT2D eigenvalue weighted by molar-refractivity contribution is -0.140. The lowest BCUT2D eigenvalue weighted by atomic mass is 10.2. The van der Waals surface area contributed by atoms with Crippen LogP contribution in [0.1, 0.15) is 32.6 Å². The van der Waals surface area contributed by atoms with Gasteiger partial charge in [-0.25, -0.2) is 0 Å². The molecule has 0 aromatic carbocycles. The van der Waals surface area contributed by atoms with Crippen LogP contribution in [0.2, 0.25) is 0 Å². The zero-order valence-corrected chi connectivity index (χ0v) is 8.71. The van der Waals surface area contributed by atoms with Gasteiger partial charge in [0.15, 0.2) is 0 Å². The lowest BCUT2D eigenvalue weighted by Crippen LogP contribution is -2.51. The molecule has 14 heavy (non-hydrogen) atoms. The summed E-state index contributed by atoms with van der Waals surface area (Å²) in [5, 5.41) is 2.53. The first-order valence-corrected chi connectivity index (χ1v) is 5.28. The fourth-order valence-corrected chi connectivity index (χ4v) is 1.54. The first-order chi connectivity index (χ1) is 6.74. The summed E-state index contributed by atoms with van der Waals surface area (Å²) in [6, 6.07) is 0. The molecule has 0 bridgehead atoms. The Balaban J connectivity index is 2.21. The second kappa shape index (κ2) is 5.62. The molecule has 4 nitrogen and oxygen atoms in total. The van der Waals surface area contributed by atoms with Crippen LogP contribution in [-0.2, 0) is 9.59 Å². The molecule has 1 N–H and O–H groups in total. The van der Waals surface area contributed by atoms with Crippen molar-refractivity contribution in [3.63, 3.8) is 0 Å². The lowest BCUT2D eigenvalue weighted by Gasteiger charge is -2.26. The van der Waals surface area contributed by atoms with Gasteiger partial charge >= 0.3 is 0 Å². The molecule has 80 valence electrons. The van der Waals surface area contributed by atoms with Gasteiger partial charge in [0, 0.05) is 6.54 Å². The van der Waals surface area contributed by atoms with Crippen LogP contribution in [0.5, 0.6) is 0 Å². The third-order valence-corrected chi connectivity index (χ3v) is 2.41. The summed E-state index contributed by atoms with van der Waals surface area (Å²) in [7, 11) is 0. The van der Waals surface area contributed by atoms with E-state index in [0.717, 1.165) is 19.4 Å². The molecule has 1 aliphatic rings. The monoisotopic (exact) mass is 198 g/mol. The van der Waals surface area contributed by atoms with E-state index in [1.165, 1.54) is 12.8 Å². The summed E-state index contributed by atoms with van der Waals surface area (Å²) >= 11 is 0. The molecule has 1 heterocycles. The van der Waals surface area contributed by atoms with E-state index in [-0.39, 0.29) is 24.9 Å². The maximum atomic E-state index is 11.3. The van der Waals surface area contributed by atoms with Crippen LogP contribution >= 0.6 is 0 Å². The number of nitrogens with zero attached hydrogens (tertiary/aromatic N) is 1. The predicted molar refractivity (Wildman–Crippen MR) is 53.7 cm³/mol. The second-order valence-corrected chi connectivity index (χ2v) is 3.65. The molecule has 2 amide bonds. The number of unbranched alkanes of at least 4 members (excludes halogenated alkanes) is 3. The minimum absolute atomic E-state index is 0.0416. The van der Waals surface area contributed by atoms with Crippen molar-refractivity contribution < 1.29 is 9.59 Å². The molecule has 0 radical (unpaired) electrons. The highest BCUT2D eigenvalue weighted by atomic mass is 16.2. The van der Waals surface area contributed by atoms with Gasteiger partial charge in [-0.1, -0.05) is 26.2 Å². The minimum atomic E-state index is -0.0416. The second-order valence-electron chi connectivity index (χ2n) is 3.65. The molecule has 1 aliphatic heterocycles. The van der Waals surface area contributed by atoms with Gasteiger partial charge in [-0.3, -0.25) is 9.59 Å². The van der Waals surface area contributed by atoms with Crippen LogP contribution in [0, 0.1) is 0 Å². The topological polar surface area (TPSA) is 49.4 Å². The molecule has 1 saturated heterocycles. The van der Waals surface area contributed by atoms with Crippen LogP contribution in [0.3, 0.4) is 0 Å². The van der Waals surface area contributed by atoms with Gasteiger partial charge in [-0.2, -0.15) is 0 Å². The maximum absolute atomic E-state index is 11.3. The molecule has 0 atom stereocenters. The molecular formula is C10H18N2O2. The molecule has 0 saturated carbocycles. The van der Waals surface area contributed by atoms with E-state index >= 15 is 0 Å². The number of piperazine rings is 1. The first kappa shape index (κ1) is 11.0. The number of rotatable bonds is 5. The van der Waals surface area contributed by atoms with Crippen molar-refractivity contribution >= 4 is 11.8 Å². The van der Waals surface area contributed by atoms with E-state index in [9.17, 15) is 9.59 Å². The number of carbonyl (C=O) groups is 2. The largest absolute Gasteiger partial charge is 0.345 e. The van der Waals surface area contributed by atoms with E-state index in [1.807, 2.05) is 0 Å². The summed E-state index contributed by atoms with van der Waals surface area (Å²) in [6.45, 7) is 3.29. The normalized spacial score (nSPS) is 17.1. The van der Waals surface area contributed by atoms with E-state index in [4.69, 9.17) is 0 Å². The zero-order chi connectivity index (χ0) is 10.4. The summed E-state index contributed by atoms with van der Waals surface area (Å²) in [6.07, 6.45) is 4.54. The van der Waals surface area contributed by atoms with Crippen LogP contribution in [-0.4, -0.2) is 36.3 Å². The Morgan fingerprint density at radius 1 is 1.29 bits per heavy atom. The summed E-state index contributed by atoms with van der Waals surface area (Å²) < 4.78 is 0. The van der Waals surface area contributed by atoms with Crippen LogP contribution in [0.15, 0.2) is 0 Å². The van der Waals surface area contributed by atoms with E-state index in [2.05, 4.69) is 12.2 Å². The van der Waals surface area contributed by atoms with Gasteiger partial charge in [0.05, 0.1) is 13.1 Å². The highest BCUT2D eigenvalue weighted by Gasteiger charge is 2.21. The van der Waals surface area contributed by atoms with Crippen molar-refractivity contribution in [2.45, 2.75) is 32.6 Å². The van der Waals surface area contributed by atoms with Gasteiger partial charge < -0.3 is 10.2 Å². The predicted octanol–water partition coefficient (Wildman–Crippen LogP) is 0.525. The van der Waals surface area contributed by atoms with Gasteiger partial charge in [0.25, 0.3) is 0 Å². The first-order valence-electron chi connectivity index (χ1n) is 5.28. The summed E-state index contributed by atoms with van der Waals surface area (Å²) in [4.78, 5) is 24.0. The average Bonchev–Trinajstić information content (AvgIpc) is 2.18. The molecule has 1 fully saturated rings. The van der Waals surface area contributed by atoms with E-state index < -0.39 is 0 Å². The van der Waals surface area contributed by atoms with E-state index in [1.54, 1.807) is 4.90 Å². The number of amides is 2. The van der Waals surface area contributed by atoms with Gasteiger partial charge in [0.2, 0.25) is 11.8 Å². The Bertz CT molecular complexity index is 216. The Hall–Kier alpha value is -1.06. The molecule has 0 unspecified atom stereocenters. The Kier molecular flexibility index (Phi) is 4.43. The smallest absolute Gasteiger partial charge is 0.242 e. The van der Waals surface area contributed by atoms with Crippen LogP contribution < -0.4 is 5.32 Å². The molecule has 0 aromatic heterocycles. The number of hydrogen-bond acceptors (Lipinski definition) is 2. The van der Waals surface area contributed by atoms with Crippen molar-refractivity contribution in [1.82, 2.24) is 10.2 Å². The van der Waals surface area contributed by atoms with Crippen molar-refractivity contribution in [3.8, 4) is 0 Å². The van der Waals surface area contributed by atoms with Gasteiger partial charge in [-0.15, -0.1) is 0 Å². The maximum Gasteiger partial charge on any atom is 0.242 e. The minimum Gasteiger partial charge on any atom is -0.345 e. The third kappa shape index (κ3) is 3.36. The third-order valence-electron chi connectivity index (χ3n) is 2.41. The standard InChI is InChI=1S/C10H18N2O2/c1-2-3-4-5-6-12-8-9(13)11-7-10(12)14/h2-8H2,1H3,(H,11,13). The highest BCUT2D eigenvalue weighted by molar-refractivity contribution is 5.92. The fraction of sp³-hybridized carbons (Fsp3) is 0.800. The molecule has 0 aliphatic carbocycles. The van der Waals surface area contributed by atoms with Gasteiger partial charge in [0.1, 0.15) is 0 Å². The zero-order valence-electron chi connectivity index (χ0n) is 8.71. The Labute approximate surface area is 84.7 Å². The van der Waals surface area contributed by atoms with E-state index in [0.29, 0.717) is 0 Å². The van der Waals surface area contributed by atoms with Crippen molar-refractivity contribution in [2.24, 2.45) is 0 Å². The highest BCUT2D eigenvalue weighted by Crippen LogP contribution is 2.03. The molecule has 1 rings (SSSR count). The van der Waals surface area contributed by atoms with Crippen LogP contribution in [0.25, 0.3) is 0 Å².